The number of halogens is 1. The lowest BCUT2D eigenvalue weighted by Gasteiger charge is -2.05. The van der Waals surface area contributed by atoms with E-state index in [0.717, 1.165) is 41.5 Å². The molecule has 0 spiro atoms. The van der Waals surface area contributed by atoms with Crippen molar-refractivity contribution in [1.29, 1.82) is 0 Å². The summed E-state index contributed by atoms with van der Waals surface area (Å²) in [5.74, 6) is 6.36. The molecule has 1 amide bonds. The van der Waals surface area contributed by atoms with E-state index in [9.17, 15) is 4.79 Å². The van der Waals surface area contributed by atoms with Gasteiger partial charge in [0.15, 0.2) is 5.82 Å². The van der Waals surface area contributed by atoms with Crippen LogP contribution in [0, 0.1) is 18.8 Å². The van der Waals surface area contributed by atoms with Crippen LogP contribution in [0.5, 0.6) is 0 Å². The number of carbonyl (C=O) groups is 1. The number of unbranched alkanes of at least 4 members (excludes halogenated alkanes) is 3. The molecule has 0 radical (unpaired) electrons. The van der Waals surface area contributed by atoms with E-state index >= 15 is 0 Å². The molecule has 0 aliphatic rings. The number of pyridine rings is 1. The van der Waals surface area contributed by atoms with Gasteiger partial charge < -0.3 is 5.32 Å². The molecule has 0 fully saturated rings. The van der Waals surface area contributed by atoms with E-state index in [1.807, 2.05) is 23.5 Å². The van der Waals surface area contributed by atoms with Crippen molar-refractivity contribution in [1.82, 2.24) is 14.9 Å². The Bertz CT molecular complexity index is 789. The summed E-state index contributed by atoms with van der Waals surface area (Å²) >= 11 is 3.52. The Kier molecular flexibility index (Phi) is 6.64. The van der Waals surface area contributed by atoms with Gasteiger partial charge in [-0.3, -0.25) is 14.4 Å². The Morgan fingerprint density at radius 2 is 2.21 bits per heavy atom. The van der Waals surface area contributed by atoms with Gasteiger partial charge >= 0.3 is 0 Å². The number of nitrogens with one attached hydrogen (secondary N) is 2. The van der Waals surface area contributed by atoms with E-state index in [0.29, 0.717) is 11.5 Å². The SMILES string of the molecule is CCCCCC#Cc1c(NCC(=O)NO)nc2ccc(Br)c(C)n12. The monoisotopic (exact) mass is 392 g/mol. The number of nitrogens with zero attached hydrogens (tertiary/aromatic N) is 2. The van der Waals surface area contributed by atoms with Crippen LogP contribution < -0.4 is 10.8 Å². The lowest BCUT2D eigenvalue weighted by molar-refractivity contribution is -0.127. The van der Waals surface area contributed by atoms with Crippen molar-refractivity contribution in [2.75, 3.05) is 11.9 Å². The topological polar surface area (TPSA) is 78.7 Å². The van der Waals surface area contributed by atoms with Gasteiger partial charge in [-0.15, -0.1) is 0 Å². The summed E-state index contributed by atoms with van der Waals surface area (Å²) in [6.45, 7) is 4.06. The normalized spacial score (nSPS) is 10.3. The van der Waals surface area contributed by atoms with Gasteiger partial charge in [0.25, 0.3) is 5.91 Å². The van der Waals surface area contributed by atoms with Crippen LogP contribution in [0.1, 0.15) is 44.0 Å². The number of imidazole rings is 1. The number of amides is 1. The third-order valence-corrected chi connectivity index (χ3v) is 4.45. The van der Waals surface area contributed by atoms with Gasteiger partial charge in [0.2, 0.25) is 0 Å². The minimum absolute atomic E-state index is 0.0783. The largest absolute Gasteiger partial charge is 0.359 e. The summed E-state index contributed by atoms with van der Waals surface area (Å²) in [4.78, 5) is 15.8. The number of rotatable bonds is 6. The maximum absolute atomic E-state index is 11.3. The molecule has 2 aromatic heterocycles. The molecule has 2 rings (SSSR count). The van der Waals surface area contributed by atoms with Crippen LogP contribution in [0.2, 0.25) is 0 Å². The lowest BCUT2D eigenvalue weighted by Crippen LogP contribution is -2.27. The average molecular weight is 393 g/mol. The van der Waals surface area contributed by atoms with E-state index in [1.54, 1.807) is 5.48 Å². The maximum Gasteiger partial charge on any atom is 0.262 e. The fraction of sp³-hybridized carbons (Fsp3) is 0.412. The number of fused-ring (bicyclic) bond motifs is 1. The molecule has 2 heterocycles. The first-order chi connectivity index (χ1) is 11.6. The summed E-state index contributed by atoms with van der Waals surface area (Å²) < 4.78 is 2.91. The molecule has 7 heteroatoms. The van der Waals surface area contributed by atoms with Crippen molar-refractivity contribution in [3.8, 4) is 11.8 Å². The van der Waals surface area contributed by atoms with Crippen LogP contribution in [-0.2, 0) is 4.79 Å². The van der Waals surface area contributed by atoms with Crippen LogP contribution in [0.3, 0.4) is 0 Å². The molecule has 6 nitrogen and oxygen atoms in total. The van der Waals surface area contributed by atoms with Gasteiger partial charge in [0.05, 0.1) is 6.54 Å². The van der Waals surface area contributed by atoms with Crippen molar-refractivity contribution < 1.29 is 10.0 Å². The number of hydroxylamine groups is 1. The molecule has 0 unspecified atom stereocenters. The Morgan fingerprint density at radius 3 is 2.92 bits per heavy atom. The van der Waals surface area contributed by atoms with Crippen LogP contribution >= 0.6 is 15.9 Å². The minimum atomic E-state index is -0.535. The summed E-state index contributed by atoms with van der Waals surface area (Å²) in [7, 11) is 0. The Morgan fingerprint density at radius 1 is 1.42 bits per heavy atom. The second-order valence-electron chi connectivity index (χ2n) is 5.42. The number of hydrogen-bond donors (Lipinski definition) is 3. The fourth-order valence-electron chi connectivity index (χ4n) is 2.32. The molecule has 0 atom stereocenters. The smallest absolute Gasteiger partial charge is 0.262 e. The zero-order valence-corrected chi connectivity index (χ0v) is 15.4. The fourth-order valence-corrected chi connectivity index (χ4v) is 2.63. The molecule has 2 aromatic rings. The van der Waals surface area contributed by atoms with Gasteiger partial charge in [-0.05, 0) is 47.3 Å². The van der Waals surface area contributed by atoms with Gasteiger partial charge in [-0.25, -0.2) is 10.5 Å². The first-order valence-corrected chi connectivity index (χ1v) is 8.71. The quantitative estimate of drug-likeness (QED) is 0.305. The zero-order chi connectivity index (χ0) is 17.5. The van der Waals surface area contributed by atoms with Crippen LogP contribution in [0.15, 0.2) is 16.6 Å². The van der Waals surface area contributed by atoms with Gasteiger partial charge in [0, 0.05) is 16.6 Å². The van der Waals surface area contributed by atoms with Crippen LogP contribution in [0.4, 0.5) is 5.82 Å². The Hall–Kier alpha value is -2.04. The predicted octanol–water partition coefficient (Wildman–Crippen LogP) is 3.25. The molecular formula is C17H21BrN4O2. The second kappa shape index (κ2) is 8.71. The highest BCUT2D eigenvalue weighted by Gasteiger charge is 2.14. The van der Waals surface area contributed by atoms with Crippen molar-refractivity contribution in [2.45, 2.75) is 39.5 Å². The highest BCUT2D eigenvalue weighted by atomic mass is 79.9. The zero-order valence-electron chi connectivity index (χ0n) is 13.8. The highest BCUT2D eigenvalue weighted by molar-refractivity contribution is 9.10. The van der Waals surface area contributed by atoms with Crippen LogP contribution in [0.25, 0.3) is 5.65 Å². The standard InChI is InChI=1S/C17H21BrN4O2/c1-3-4-5-6-7-8-14-17(19-11-16(23)21-24)20-15-10-9-13(18)12(2)22(14)15/h9-10,19,24H,3-6,11H2,1-2H3,(H,21,23). The van der Waals surface area contributed by atoms with Gasteiger partial charge in [-0.2, -0.15) is 0 Å². The number of aryl methyl sites for hydroxylation is 1. The van der Waals surface area contributed by atoms with E-state index < -0.39 is 5.91 Å². The molecule has 0 bridgehead atoms. The molecule has 0 aliphatic heterocycles. The molecule has 0 saturated heterocycles. The first kappa shape index (κ1) is 18.3. The average Bonchev–Trinajstić information content (AvgIpc) is 2.94. The summed E-state index contributed by atoms with van der Waals surface area (Å²) in [5.41, 5.74) is 4.04. The van der Waals surface area contributed by atoms with Crippen molar-refractivity contribution >= 4 is 33.3 Å². The predicted molar refractivity (Wildman–Crippen MR) is 97.1 cm³/mol. The minimum Gasteiger partial charge on any atom is -0.359 e. The lowest BCUT2D eigenvalue weighted by atomic mass is 10.2. The second-order valence-corrected chi connectivity index (χ2v) is 6.27. The third kappa shape index (κ3) is 4.28. The van der Waals surface area contributed by atoms with E-state index in [1.165, 1.54) is 0 Å². The summed E-state index contributed by atoms with van der Waals surface area (Å²) in [5, 5.41) is 11.6. The molecule has 24 heavy (non-hydrogen) atoms. The maximum atomic E-state index is 11.3. The van der Waals surface area contributed by atoms with Gasteiger partial charge in [0.1, 0.15) is 11.3 Å². The van der Waals surface area contributed by atoms with E-state index in [-0.39, 0.29) is 6.54 Å². The number of anilines is 1. The summed E-state index contributed by atoms with van der Waals surface area (Å²) in [6, 6.07) is 3.82. The van der Waals surface area contributed by atoms with E-state index in [4.69, 9.17) is 5.21 Å². The number of aromatic nitrogens is 2. The molecule has 3 N–H and O–H groups in total. The third-order valence-electron chi connectivity index (χ3n) is 3.62. The molecular weight excluding hydrogens is 372 g/mol. The van der Waals surface area contributed by atoms with E-state index in [2.05, 4.69) is 45.0 Å². The Labute approximate surface area is 149 Å². The Balaban J connectivity index is 2.38. The molecule has 0 saturated carbocycles. The molecule has 0 aromatic carbocycles. The number of hydrogen-bond acceptors (Lipinski definition) is 4. The van der Waals surface area contributed by atoms with Crippen molar-refractivity contribution in [3.63, 3.8) is 0 Å². The van der Waals surface area contributed by atoms with Crippen LogP contribution in [-0.4, -0.2) is 27.0 Å². The van der Waals surface area contributed by atoms with Gasteiger partial charge in [-0.1, -0.05) is 25.7 Å². The van der Waals surface area contributed by atoms with Crippen molar-refractivity contribution in [3.05, 3.63) is 28.0 Å². The van der Waals surface area contributed by atoms with Crippen molar-refractivity contribution in [2.24, 2.45) is 0 Å². The molecule has 0 aliphatic carbocycles. The number of carbonyl (C=O) groups excluding carboxylic acids is 1. The summed E-state index contributed by atoms with van der Waals surface area (Å²) in [6.07, 6.45) is 4.21. The first-order valence-electron chi connectivity index (χ1n) is 7.91. The molecule has 128 valence electrons. The highest BCUT2D eigenvalue weighted by Crippen LogP contribution is 2.23.